The predicted molar refractivity (Wildman–Crippen MR) is 115 cm³/mol. The molecule has 1 saturated carbocycles. The standard InChI is InChI=1S/C24H32N2O5/c1-2-31-24(30)25-14-12-17(13-15-25)26-21(16-8-4-3-5-9-16)20(23(28)29)18-10-6-7-11-19(18)22(26)27/h6-7,10-11,16-17,20-21H,2-5,8-9,12-15H2,1H3,(H,28,29). The third-order valence-electron chi connectivity index (χ3n) is 7.21. The average Bonchev–Trinajstić information content (AvgIpc) is 2.79. The summed E-state index contributed by atoms with van der Waals surface area (Å²) in [6, 6.07) is 6.79. The molecule has 0 aromatic heterocycles. The van der Waals surface area contributed by atoms with Gasteiger partial charge in [0.25, 0.3) is 5.91 Å². The van der Waals surface area contributed by atoms with Crippen LogP contribution in [0.3, 0.4) is 0 Å². The van der Waals surface area contributed by atoms with E-state index in [1.54, 1.807) is 24.0 Å². The molecular weight excluding hydrogens is 396 g/mol. The van der Waals surface area contributed by atoms with Gasteiger partial charge in [0.15, 0.2) is 0 Å². The quantitative estimate of drug-likeness (QED) is 0.786. The molecule has 31 heavy (non-hydrogen) atoms. The Morgan fingerprint density at radius 1 is 1.06 bits per heavy atom. The van der Waals surface area contributed by atoms with E-state index >= 15 is 0 Å². The number of rotatable bonds is 4. The third-order valence-corrected chi connectivity index (χ3v) is 7.21. The molecule has 0 bridgehead atoms. The highest BCUT2D eigenvalue weighted by atomic mass is 16.6. The minimum Gasteiger partial charge on any atom is -0.481 e. The number of ether oxygens (including phenoxy) is 1. The van der Waals surface area contributed by atoms with Crippen molar-refractivity contribution in [2.75, 3.05) is 19.7 Å². The topological polar surface area (TPSA) is 87.2 Å². The predicted octanol–water partition coefficient (Wildman–Crippen LogP) is 3.88. The maximum atomic E-state index is 13.7. The second-order valence-corrected chi connectivity index (χ2v) is 8.92. The Morgan fingerprint density at radius 3 is 2.39 bits per heavy atom. The first-order valence-corrected chi connectivity index (χ1v) is 11.6. The maximum absolute atomic E-state index is 13.7. The van der Waals surface area contributed by atoms with Gasteiger partial charge in [0, 0.05) is 24.7 Å². The lowest BCUT2D eigenvalue weighted by Gasteiger charge is -2.50. The highest BCUT2D eigenvalue weighted by Gasteiger charge is 2.49. The van der Waals surface area contributed by atoms with Gasteiger partial charge in [-0.1, -0.05) is 37.5 Å². The Balaban J connectivity index is 1.66. The SMILES string of the molecule is CCOC(=O)N1CCC(N2C(=O)c3ccccc3C(C(=O)O)C2C2CCCCC2)CC1. The Kier molecular flexibility index (Phi) is 6.49. The van der Waals surface area contributed by atoms with Gasteiger partial charge in [-0.3, -0.25) is 9.59 Å². The third kappa shape index (κ3) is 4.14. The van der Waals surface area contributed by atoms with E-state index in [-0.39, 0.29) is 30.0 Å². The van der Waals surface area contributed by atoms with Gasteiger partial charge in [0.1, 0.15) is 5.92 Å². The number of benzene rings is 1. The van der Waals surface area contributed by atoms with E-state index in [1.165, 1.54) is 6.42 Å². The molecule has 2 amide bonds. The van der Waals surface area contributed by atoms with E-state index in [4.69, 9.17) is 4.74 Å². The highest BCUT2D eigenvalue weighted by molar-refractivity contribution is 6.00. The zero-order valence-electron chi connectivity index (χ0n) is 18.2. The van der Waals surface area contributed by atoms with Gasteiger partial charge in [0.2, 0.25) is 0 Å². The van der Waals surface area contributed by atoms with Crippen molar-refractivity contribution >= 4 is 18.0 Å². The van der Waals surface area contributed by atoms with Gasteiger partial charge in [-0.25, -0.2) is 4.79 Å². The van der Waals surface area contributed by atoms with E-state index < -0.39 is 11.9 Å². The van der Waals surface area contributed by atoms with Crippen LogP contribution in [-0.2, 0) is 9.53 Å². The maximum Gasteiger partial charge on any atom is 0.409 e. The number of carboxylic acid groups (broad SMARTS) is 1. The molecule has 2 fully saturated rings. The molecule has 2 aliphatic heterocycles. The van der Waals surface area contributed by atoms with Crippen molar-refractivity contribution in [2.45, 2.75) is 69.9 Å². The average molecular weight is 429 g/mol. The number of hydrogen-bond acceptors (Lipinski definition) is 4. The summed E-state index contributed by atoms with van der Waals surface area (Å²) in [6.07, 6.45) is 6.22. The summed E-state index contributed by atoms with van der Waals surface area (Å²) >= 11 is 0. The molecular formula is C24H32N2O5. The van der Waals surface area contributed by atoms with Crippen molar-refractivity contribution in [1.82, 2.24) is 9.80 Å². The molecule has 2 unspecified atom stereocenters. The minimum absolute atomic E-state index is 0.0572. The van der Waals surface area contributed by atoms with Crippen LogP contribution < -0.4 is 0 Å². The number of hydrogen-bond donors (Lipinski definition) is 1. The number of carboxylic acids is 1. The van der Waals surface area contributed by atoms with Crippen molar-refractivity contribution in [3.63, 3.8) is 0 Å². The molecule has 0 spiro atoms. The van der Waals surface area contributed by atoms with E-state index in [1.807, 2.05) is 17.0 Å². The van der Waals surface area contributed by atoms with Crippen LogP contribution in [0.25, 0.3) is 0 Å². The van der Waals surface area contributed by atoms with Crippen molar-refractivity contribution in [2.24, 2.45) is 5.92 Å². The van der Waals surface area contributed by atoms with Crippen LogP contribution in [0.4, 0.5) is 4.79 Å². The number of likely N-dealkylation sites (tertiary alicyclic amines) is 1. The highest BCUT2D eigenvalue weighted by Crippen LogP contribution is 2.43. The first-order valence-electron chi connectivity index (χ1n) is 11.6. The molecule has 7 nitrogen and oxygen atoms in total. The molecule has 1 aliphatic carbocycles. The van der Waals surface area contributed by atoms with Crippen LogP contribution in [-0.4, -0.2) is 64.7 Å². The van der Waals surface area contributed by atoms with Crippen LogP contribution in [0.1, 0.15) is 73.7 Å². The van der Waals surface area contributed by atoms with Gasteiger partial charge < -0.3 is 19.6 Å². The Morgan fingerprint density at radius 2 is 1.74 bits per heavy atom. The van der Waals surface area contributed by atoms with Gasteiger partial charge in [-0.15, -0.1) is 0 Å². The summed E-state index contributed by atoms with van der Waals surface area (Å²) in [7, 11) is 0. The summed E-state index contributed by atoms with van der Waals surface area (Å²) in [5.41, 5.74) is 1.16. The van der Waals surface area contributed by atoms with E-state index in [0.717, 1.165) is 25.7 Å². The fourth-order valence-electron chi connectivity index (χ4n) is 5.79. The van der Waals surface area contributed by atoms with Crippen LogP contribution >= 0.6 is 0 Å². The fraction of sp³-hybridized carbons (Fsp3) is 0.625. The van der Waals surface area contributed by atoms with Crippen molar-refractivity contribution in [3.8, 4) is 0 Å². The number of amides is 2. The smallest absolute Gasteiger partial charge is 0.409 e. The van der Waals surface area contributed by atoms with E-state index in [2.05, 4.69) is 0 Å². The van der Waals surface area contributed by atoms with E-state index in [9.17, 15) is 19.5 Å². The lowest BCUT2D eigenvalue weighted by molar-refractivity contribution is -0.141. The normalized spacial score (nSPS) is 25.3. The number of carbonyl (C=O) groups excluding carboxylic acids is 2. The van der Waals surface area contributed by atoms with Gasteiger partial charge in [-0.2, -0.15) is 0 Å². The molecule has 0 radical (unpaired) electrons. The van der Waals surface area contributed by atoms with Crippen molar-refractivity contribution < 1.29 is 24.2 Å². The number of aliphatic carboxylic acids is 1. The zero-order valence-corrected chi connectivity index (χ0v) is 18.2. The minimum atomic E-state index is -0.857. The second-order valence-electron chi connectivity index (χ2n) is 8.92. The second kappa shape index (κ2) is 9.28. The van der Waals surface area contributed by atoms with Gasteiger partial charge >= 0.3 is 12.1 Å². The molecule has 168 valence electrons. The molecule has 3 aliphatic rings. The lowest BCUT2D eigenvalue weighted by Crippen LogP contribution is -2.59. The van der Waals surface area contributed by atoms with Crippen LogP contribution in [0.15, 0.2) is 24.3 Å². The fourth-order valence-corrected chi connectivity index (χ4v) is 5.79. The first-order chi connectivity index (χ1) is 15.0. The molecule has 4 rings (SSSR count). The number of piperidine rings is 1. The molecule has 7 heteroatoms. The molecule has 2 atom stereocenters. The Bertz CT molecular complexity index is 827. The first kappa shape index (κ1) is 21.7. The number of nitrogens with zero attached hydrogens (tertiary/aromatic N) is 2. The van der Waals surface area contributed by atoms with Crippen molar-refractivity contribution in [3.05, 3.63) is 35.4 Å². The molecule has 1 N–H and O–H groups in total. The Hall–Kier alpha value is -2.57. The monoisotopic (exact) mass is 428 g/mol. The summed E-state index contributed by atoms with van der Waals surface area (Å²) in [6.45, 7) is 3.16. The summed E-state index contributed by atoms with van der Waals surface area (Å²) in [5.74, 6) is -1.43. The largest absolute Gasteiger partial charge is 0.481 e. The number of carbonyl (C=O) groups is 3. The van der Waals surface area contributed by atoms with Crippen molar-refractivity contribution in [1.29, 1.82) is 0 Å². The number of fused-ring (bicyclic) bond motifs is 1. The molecule has 2 heterocycles. The summed E-state index contributed by atoms with van der Waals surface area (Å²) in [4.78, 5) is 41.9. The summed E-state index contributed by atoms with van der Waals surface area (Å²) in [5, 5.41) is 10.3. The lowest BCUT2D eigenvalue weighted by atomic mass is 9.71. The summed E-state index contributed by atoms with van der Waals surface area (Å²) < 4.78 is 5.12. The molecule has 1 aromatic rings. The van der Waals surface area contributed by atoms with Crippen LogP contribution in [0, 0.1) is 5.92 Å². The Labute approximate surface area is 183 Å². The zero-order chi connectivity index (χ0) is 22.0. The van der Waals surface area contributed by atoms with E-state index in [0.29, 0.717) is 43.7 Å². The molecule has 1 aromatic carbocycles. The molecule has 1 saturated heterocycles. The van der Waals surface area contributed by atoms with Gasteiger partial charge in [-0.05, 0) is 50.2 Å². The van der Waals surface area contributed by atoms with Crippen LogP contribution in [0.2, 0.25) is 0 Å². The van der Waals surface area contributed by atoms with Gasteiger partial charge in [0.05, 0.1) is 12.6 Å². The van der Waals surface area contributed by atoms with Crippen LogP contribution in [0.5, 0.6) is 0 Å².